The summed E-state index contributed by atoms with van der Waals surface area (Å²) >= 11 is 1.55. The van der Waals surface area contributed by atoms with Crippen LogP contribution in [0.4, 0.5) is 4.39 Å². The van der Waals surface area contributed by atoms with Crippen molar-refractivity contribution in [1.82, 2.24) is 14.8 Å². The lowest BCUT2D eigenvalue weighted by Gasteiger charge is -2.09. The fraction of sp³-hybridized carbons (Fsp3) is 0.176. The number of halogens is 1. The maximum absolute atomic E-state index is 13.2. The molecule has 0 unspecified atom stereocenters. The summed E-state index contributed by atoms with van der Waals surface area (Å²) in [6, 6.07) is 14.9. The Hall–Kier alpha value is -2.14. The van der Waals surface area contributed by atoms with E-state index in [1.807, 2.05) is 29.7 Å². The van der Waals surface area contributed by atoms with Crippen molar-refractivity contribution in [3.8, 4) is 5.69 Å². The van der Waals surface area contributed by atoms with Crippen LogP contribution < -0.4 is 0 Å². The van der Waals surface area contributed by atoms with Gasteiger partial charge in [-0.1, -0.05) is 36.0 Å². The zero-order valence-electron chi connectivity index (χ0n) is 12.5. The highest BCUT2D eigenvalue weighted by Crippen LogP contribution is 2.25. The zero-order chi connectivity index (χ0) is 15.5. The highest BCUT2D eigenvalue weighted by Gasteiger charge is 2.11. The van der Waals surface area contributed by atoms with Gasteiger partial charge in [0.25, 0.3) is 0 Å². The Bertz CT molecular complexity index is 798. The van der Waals surface area contributed by atoms with E-state index in [1.165, 1.54) is 11.6 Å². The van der Waals surface area contributed by atoms with E-state index >= 15 is 0 Å². The molecule has 0 aliphatic heterocycles. The quantitative estimate of drug-likeness (QED) is 0.672. The van der Waals surface area contributed by atoms with E-state index in [4.69, 9.17) is 0 Å². The van der Waals surface area contributed by atoms with Crippen LogP contribution in [0.15, 0.2) is 53.7 Å². The number of rotatable bonds is 4. The minimum atomic E-state index is -0.213. The zero-order valence-corrected chi connectivity index (χ0v) is 13.3. The van der Waals surface area contributed by atoms with Crippen molar-refractivity contribution < 1.29 is 4.39 Å². The topological polar surface area (TPSA) is 30.7 Å². The maximum Gasteiger partial charge on any atom is 0.196 e. The predicted molar refractivity (Wildman–Crippen MR) is 86.8 cm³/mol. The molecular formula is C17H16FN3S. The van der Waals surface area contributed by atoms with Gasteiger partial charge in [-0.3, -0.25) is 4.57 Å². The van der Waals surface area contributed by atoms with Crippen LogP contribution in [0, 0.1) is 19.7 Å². The fourth-order valence-corrected chi connectivity index (χ4v) is 3.22. The van der Waals surface area contributed by atoms with Gasteiger partial charge in [-0.25, -0.2) is 4.39 Å². The van der Waals surface area contributed by atoms with Gasteiger partial charge in [-0.05, 0) is 49.2 Å². The first-order valence-corrected chi connectivity index (χ1v) is 7.98. The van der Waals surface area contributed by atoms with E-state index in [-0.39, 0.29) is 5.82 Å². The molecule has 0 saturated heterocycles. The maximum atomic E-state index is 13.2. The van der Waals surface area contributed by atoms with Crippen LogP contribution in [0.5, 0.6) is 0 Å². The lowest BCUT2D eigenvalue weighted by molar-refractivity contribution is 0.626. The fourth-order valence-electron chi connectivity index (χ4n) is 2.28. The number of thioether (sulfide) groups is 1. The van der Waals surface area contributed by atoms with Gasteiger partial charge in [0, 0.05) is 11.4 Å². The van der Waals surface area contributed by atoms with Crippen LogP contribution >= 0.6 is 11.8 Å². The summed E-state index contributed by atoms with van der Waals surface area (Å²) in [6.45, 7) is 3.99. The van der Waals surface area contributed by atoms with Crippen molar-refractivity contribution in [3.05, 3.63) is 71.3 Å². The SMILES string of the molecule is Cc1cccc(-n2c(C)nnc2SCc2cccc(F)c2)c1. The second-order valence-corrected chi connectivity index (χ2v) is 6.07. The molecule has 0 N–H and O–H groups in total. The van der Waals surface area contributed by atoms with Gasteiger partial charge in [-0.15, -0.1) is 10.2 Å². The Kier molecular flexibility index (Phi) is 4.24. The van der Waals surface area contributed by atoms with E-state index in [0.717, 1.165) is 22.2 Å². The van der Waals surface area contributed by atoms with Crippen molar-refractivity contribution in [2.24, 2.45) is 0 Å². The molecule has 5 heteroatoms. The second-order valence-electron chi connectivity index (χ2n) is 5.12. The molecule has 112 valence electrons. The molecule has 0 amide bonds. The summed E-state index contributed by atoms with van der Waals surface area (Å²) in [5, 5.41) is 9.22. The Labute approximate surface area is 133 Å². The molecular weight excluding hydrogens is 297 g/mol. The van der Waals surface area contributed by atoms with Crippen LogP contribution in [-0.4, -0.2) is 14.8 Å². The first kappa shape index (κ1) is 14.8. The molecule has 1 heterocycles. The van der Waals surface area contributed by atoms with Crippen molar-refractivity contribution in [1.29, 1.82) is 0 Å². The highest BCUT2D eigenvalue weighted by molar-refractivity contribution is 7.98. The molecule has 3 rings (SSSR count). The third kappa shape index (κ3) is 3.20. The first-order valence-electron chi connectivity index (χ1n) is 7.00. The molecule has 22 heavy (non-hydrogen) atoms. The molecule has 1 aromatic heterocycles. The molecule has 0 aliphatic carbocycles. The molecule has 3 nitrogen and oxygen atoms in total. The average molecular weight is 313 g/mol. The van der Waals surface area contributed by atoms with E-state index in [0.29, 0.717) is 5.75 Å². The lowest BCUT2D eigenvalue weighted by Crippen LogP contribution is -1.99. The number of hydrogen-bond donors (Lipinski definition) is 0. The number of nitrogens with zero attached hydrogens (tertiary/aromatic N) is 3. The Morgan fingerprint density at radius 2 is 1.86 bits per heavy atom. The smallest absolute Gasteiger partial charge is 0.196 e. The average Bonchev–Trinajstić information content (AvgIpc) is 2.86. The summed E-state index contributed by atoms with van der Waals surface area (Å²) in [5.74, 6) is 1.28. The number of hydrogen-bond acceptors (Lipinski definition) is 3. The molecule has 2 aromatic carbocycles. The largest absolute Gasteiger partial charge is 0.274 e. The Balaban J connectivity index is 1.86. The van der Waals surface area contributed by atoms with Crippen molar-refractivity contribution in [3.63, 3.8) is 0 Å². The number of aryl methyl sites for hydroxylation is 2. The van der Waals surface area contributed by atoms with Crippen molar-refractivity contribution in [2.75, 3.05) is 0 Å². The summed E-state index contributed by atoms with van der Waals surface area (Å²) in [5.41, 5.74) is 3.16. The van der Waals surface area contributed by atoms with Gasteiger partial charge in [-0.2, -0.15) is 0 Å². The van der Waals surface area contributed by atoms with E-state index < -0.39 is 0 Å². The van der Waals surface area contributed by atoms with E-state index in [1.54, 1.807) is 23.9 Å². The summed E-state index contributed by atoms with van der Waals surface area (Å²) in [6.07, 6.45) is 0. The summed E-state index contributed by atoms with van der Waals surface area (Å²) in [4.78, 5) is 0. The van der Waals surface area contributed by atoms with Crippen molar-refractivity contribution >= 4 is 11.8 Å². The molecule has 0 bridgehead atoms. The minimum Gasteiger partial charge on any atom is -0.274 e. The van der Waals surface area contributed by atoms with Gasteiger partial charge in [0.2, 0.25) is 0 Å². The van der Waals surface area contributed by atoms with Crippen LogP contribution in [0.2, 0.25) is 0 Å². The van der Waals surface area contributed by atoms with E-state index in [2.05, 4.69) is 29.3 Å². The van der Waals surface area contributed by atoms with Gasteiger partial charge >= 0.3 is 0 Å². The lowest BCUT2D eigenvalue weighted by atomic mass is 10.2. The third-order valence-electron chi connectivity index (χ3n) is 3.31. The summed E-state index contributed by atoms with van der Waals surface area (Å²) in [7, 11) is 0. The molecule has 3 aromatic rings. The normalized spacial score (nSPS) is 10.9. The standard InChI is InChI=1S/C17H16FN3S/c1-12-5-3-8-16(9-12)21-13(2)19-20-17(21)22-11-14-6-4-7-15(18)10-14/h3-10H,11H2,1-2H3. The molecule has 0 atom stereocenters. The molecule has 0 fully saturated rings. The van der Waals surface area contributed by atoms with Gasteiger partial charge in [0.05, 0.1) is 0 Å². The molecule has 0 spiro atoms. The number of aromatic nitrogens is 3. The van der Waals surface area contributed by atoms with Gasteiger partial charge in [0.15, 0.2) is 5.16 Å². The molecule has 0 radical (unpaired) electrons. The predicted octanol–water partition coefficient (Wildman–Crippen LogP) is 4.32. The monoisotopic (exact) mass is 313 g/mol. The Morgan fingerprint density at radius 1 is 1.05 bits per heavy atom. The van der Waals surface area contributed by atoms with E-state index in [9.17, 15) is 4.39 Å². The number of benzene rings is 2. The highest BCUT2D eigenvalue weighted by atomic mass is 32.2. The van der Waals surface area contributed by atoms with Crippen molar-refractivity contribution in [2.45, 2.75) is 24.8 Å². The third-order valence-corrected chi connectivity index (χ3v) is 4.31. The molecule has 0 aliphatic rings. The van der Waals surface area contributed by atoms with Gasteiger partial charge < -0.3 is 0 Å². The second kappa shape index (κ2) is 6.32. The van der Waals surface area contributed by atoms with Crippen LogP contribution in [0.25, 0.3) is 5.69 Å². The van der Waals surface area contributed by atoms with Crippen LogP contribution in [0.1, 0.15) is 17.0 Å². The van der Waals surface area contributed by atoms with Gasteiger partial charge in [0.1, 0.15) is 11.6 Å². The Morgan fingerprint density at radius 3 is 2.64 bits per heavy atom. The first-order chi connectivity index (χ1) is 10.6. The molecule has 0 saturated carbocycles. The van der Waals surface area contributed by atoms with Crippen LogP contribution in [-0.2, 0) is 5.75 Å². The summed E-state index contributed by atoms with van der Waals surface area (Å²) < 4.78 is 15.3. The minimum absolute atomic E-state index is 0.213. The van der Waals surface area contributed by atoms with Crippen LogP contribution in [0.3, 0.4) is 0 Å².